The van der Waals surface area contributed by atoms with Crippen LogP contribution in [-0.4, -0.2) is 20.9 Å². The van der Waals surface area contributed by atoms with E-state index >= 15 is 0 Å². The molecule has 4 aromatic rings. The molecule has 28 heavy (non-hydrogen) atoms. The Bertz CT molecular complexity index is 1090. The van der Waals surface area contributed by atoms with Crippen LogP contribution in [0.15, 0.2) is 79.3 Å². The van der Waals surface area contributed by atoms with E-state index in [-0.39, 0.29) is 5.91 Å². The first kappa shape index (κ1) is 17.5. The highest BCUT2D eigenvalue weighted by molar-refractivity contribution is 6.07. The number of carbonyl (C=O) groups excluding carboxylic acids is 1. The average molecular weight is 370 g/mol. The number of nitrogens with zero attached hydrogens (tertiary/aromatic N) is 2. The van der Waals surface area contributed by atoms with Crippen molar-refractivity contribution in [2.75, 3.05) is 5.32 Å². The third-order valence-corrected chi connectivity index (χ3v) is 4.23. The Labute approximate surface area is 162 Å². The summed E-state index contributed by atoms with van der Waals surface area (Å²) in [6.07, 6.45) is 5.02. The predicted octanol–water partition coefficient (Wildman–Crippen LogP) is 4.82. The minimum atomic E-state index is -0.234. The molecule has 0 bridgehead atoms. The molecular formula is C22H18N4O2. The zero-order chi connectivity index (χ0) is 19.3. The van der Waals surface area contributed by atoms with E-state index in [1.54, 1.807) is 36.8 Å². The van der Waals surface area contributed by atoms with Gasteiger partial charge in [-0.1, -0.05) is 30.3 Å². The summed E-state index contributed by atoms with van der Waals surface area (Å²) in [5.74, 6) is 0.840. The smallest absolute Gasteiger partial charge is 0.272 e. The fraction of sp³-hybridized carbons (Fsp3) is 0.0455. The van der Waals surface area contributed by atoms with E-state index in [1.165, 1.54) is 0 Å². The second-order valence-corrected chi connectivity index (χ2v) is 6.16. The van der Waals surface area contributed by atoms with Crippen molar-refractivity contribution in [3.05, 3.63) is 90.6 Å². The summed E-state index contributed by atoms with van der Waals surface area (Å²) in [5.41, 5.74) is 3.67. The maximum absolute atomic E-state index is 12.7. The van der Waals surface area contributed by atoms with Gasteiger partial charge in [0.2, 0.25) is 5.88 Å². The molecule has 1 amide bonds. The molecule has 1 aromatic carbocycles. The van der Waals surface area contributed by atoms with Crippen molar-refractivity contribution in [1.82, 2.24) is 15.0 Å². The number of hydrogen-bond acceptors (Lipinski definition) is 4. The fourth-order valence-electron chi connectivity index (χ4n) is 2.81. The van der Waals surface area contributed by atoms with E-state index in [1.807, 2.05) is 49.4 Å². The van der Waals surface area contributed by atoms with E-state index in [9.17, 15) is 4.79 Å². The summed E-state index contributed by atoms with van der Waals surface area (Å²) in [7, 11) is 0. The van der Waals surface area contributed by atoms with Crippen molar-refractivity contribution in [1.29, 1.82) is 0 Å². The zero-order valence-electron chi connectivity index (χ0n) is 15.2. The number of aryl methyl sites for hydroxylation is 1. The van der Waals surface area contributed by atoms with Crippen LogP contribution in [0, 0.1) is 6.92 Å². The molecule has 0 spiro atoms. The third kappa shape index (κ3) is 3.76. The van der Waals surface area contributed by atoms with Gasteiger partial charge in [-0.05, 0) is 36.8 Å². The summed E-state index contributed by atoms with van der Waals surface area (Å²) < 4.78 is 5.73. The summed E-state index contributed by atoms with van der Waals surface area (Å²) in [6, 6.07) is 18.7. The van der Waals surface area contributed by atoms with Gasteiger partial charge < -0.3 is 15.0 Å². The van der Waals surface area contributed by atoms with Crippen LogP contribution in [0.5, 0.6) is 11.6 Å². The molecule has 0 aliphatic carbocycles. The van der Waals surface area contributed by atoms with Gasteiger partial charge in [-0.25, -0.2) is 4.98 Å². The van der Waals surface area contributed by atoms with E-state index in [0.29, 0.717) is 23.0 Å². The summed E-state index contributed by atoms with van der Waals surface area (Å²) in [4.78, 5) is 24.1. The number of H-pyrrole nitrogens is 1. The molecule has 0 unspecified atom stereocenters. The molecule has 0 aliphatic rings. The highest BCUT2D eigenvalue weighted by atomic mass is 16.5. The van der Waals surface area contributed by atoms with Crippen LogP contribution < -0.4 is 10.1 Å². The number of pyridine rings is 2. The Morgan fingerprint density at radius 3 is 2.61 bits per heavy atom. The molecule has 0 atom stereocenters. The Balaban J connectivity index is 1.48. The number of nitrogens with one attached hydrogen (secondary N) is 2. The lowest BCUT2D eigenvalue weighted by Gasteiger charge is -2.09. The SMILES string of the molecule is Cc1ncccc1Oc1ccc(NC(=O)c2[nH]ccc2-c2ccccc2)cn1. The van der Waals surface area contributed by atoms with E-state index in [2.05, 4.69) is 20.3 Å². The number of rotatable bonds is 5. The van der Waals surface area contributed by atoms with Crippen LogP contribution in [0.1, 0.15) is 16.2 Å². The van der Waals surface area contributed by atoms with Crippen LogP contribution in [0.4, 0.5) is 5.69 Å². The van der Waals surface area contributed by atoms with Gasteiger partial charge in [0.05, 0.1) is 17.6 Å². The number of aromatic amines is 1. The van der Waals surface area contributed by atoms with E-state index < -0.39 is 0 Å². The summed E-state index contributed by atoms with van der Waals surface area (Å²) >= 11 is 0. The number of ether oxygens (including phenoxy) is 1. The molecule has 3 aromatic heterocycles. The Kier molecular flexibility index (Phi) is 4.84. The standard InChI is InChI=1S/C22H18N4O2/c1-15-19(8-5-12-23-15)28-20-10-9-17(14-25-20)26-22(27)21-18(11-13-24-21)16-6-3-2-4-7-16/h2-14,24H,1H3,(H,26,27). The maximum Gasteiger partial charge on any atom is 0.272 e. The zero-order valence-corrected chi connectivity index (χ0v) is 15.2. The van der Waals surface area contributed by atoms with Gasteiger partial charge in [-0.3, -0.25) is 9.78 Å². The molecule has 4 rings (SSSR count). The lowest BCUT2D eigenvalue weighted by molar-refractivity contribution is 0.102. The van der Waals surface area contributed by atoms with Gasteiger partial charge in [0.25, 0.3) is 5.91 Å². The minimum absolute atomic E-state index is 0.234. The van der Waals surface area contributed by atoms with Crippen molar-refractivity contribution in [2.24, 2.45) is 0 Å². The van der Waals surface area contributed by atoms with Gasteiger partial charge >= 0.3 is 0 Å². The lowest BCUT2D eigenvalue weighted by Crippen LogP contribution is -2.13. The maximum atomic E-state index is 12.7. The first-order valence-corrected chi connectivity index (χ1v) is 8.80. The van der Waals surface area contributed by atoms with Gasteiger partial charge in [0, 0.05) is 24.0 Å². The van der Waals surface area contributed by atoms with E-state index in [4.69, 9.17) is 4.74 Å². The first-order valence-electron chi connectivity index (χ1n) is 8.80. The molecule has 0 saturated heterocycles. The highest BCUT2D eigenvalue weighted by Gasteiger charge is 2.14. The summed E-state index contributed by atoms with van der Waals surface area (Å²) in [6.45, 7) is 1.87. The molecule has 0 fully saturated rings. The van der Waals surface area contributed by atoms with Crippen LogP contribution in [0.2, 0.25) is 0 Å². The number of benzene rings is 1. The molecule has 6 nitrogen and oxygen atoms in total. The fourth-order valence-corrected chi connectivity index (χ4v) is 2.81. The van der Waals surface area contributed by atoms with Gasteiger partial charge in [-0.15, -0.1) is 0 Å². The Morgan fingerprint density at radius 1 is 1.00 bits per heavy atom. The number of amides is 1. The number of anilines is 1. The quantitative estimate of drug-likeness (QED) is 0.528. The molecule has 0 radical (unpaired) electrons. The van der Waals surface area contributed by atoms with Crippen molar-refractivity contribution in [3.8, 4) is 22.8 Å². The monoisotopic (exact) mass is 370 g/mol. The number of carbonyl (C=O) groups is 1. The average Bonchev–Trinajstić information content (AvgIpc) is 3.22. The Morgan fingerprint density at radius 2 is 1.86 bits per heavy atom. The van der Waals surface area contributed by atoms with Crippen molar-refractivity contribution in [3.63, 3.8) is 0 Å². The molecule has 6 heteroatoms. The van der Waals surface area contributed by atoms with Gasteiger partial charge in [0.1, 0.15) is 5.69 Å². The van der Waals surface area contributed by atoms with Crippen molar-refractivity contribution >= 4 is 11.6 Å². The van der Waals surface area contributed by atoms with Crippen molar-refractivity contribution < 1.29 is 9.53 Å². The normalized spacial score (nSPS) is 10.5. The molecule has 0 aliphatic heterocycles. The van der Waals surface area contributed by atoms with Crippen LogP contribution in [0.25, 0.3) is 11.1 Å². The number of aromatic nitrogens is 3. The second-order valence-electron chi connectivity index (χ2n) is 6.16. The molecule has 0 saturated carbocycles. The van der Waals surface area contributed by atoms with Gasteiger partial charge in [0.15, 0.2) is 5.75 Å². The largest absolute Gasteiger partial charge is 0.437 e. The molecular weight excluding hydrogens is 352 g/mol. The molecule has 3 heterocycles. The first-order chi connectivity index (χ1) is 13.7. The lowest BCUT2D eigenvalue weighted by atomic mass is 10.1. The van der Waals surface area contributed by atoms with Crippen LogP contribution in [0.3, 0.4) is 0 Å². The van der Waals surface area contributed by atoms with Gasteiger partial charge in [-0.2, -0.15) is 0 Å². The van der Waals surface area contributed by atoms with Crippen LogP contribution in [-0.2, 0) is 0 Å². The highest BCUT2D eigenvalue weighted by Crippen LogP contribution is 2.25. The summed E-state index contributed by atoms with van der Waals surface area (Å²) in [5, 5.41) is 2.86. The van der Waals surface area contributed by atoms with Crippen LogP contribution >= 0.6 is 0 Å². The minimum Gasteiger partial charge on any atom is -0.437 e. The van der Waals surface area contributed by atoms with E-state index in [0.717, 1.165) is 16.8 Å². The molecule has 138 valence electrons. The second kappa shape index (κ2) is 7.75. The number of hydrogen-bond donors (Lipinski definition) is 2. The Hall–Kier alpha value is -3.93. The third-order valence-electron chi connectivity index (χ3n) is 4.23. The predicted molar refractivity (Wildman–Crippen MR) is 107 cm³/mol. The topological polar surface area (TPSA) is 79.9 Å². The molecule has 2 N–H and O–H groups in total. The van der Waals surface area contributed by atoms with Crippen molar-refractivity contribution in [2.45, 2.75) is 6.92 Å².